The predicted octanol–water partition coefficient (Wildman–Crippen LogP) is 3.07. The zero-order chi connectivity index (χ0) is 16.9. The maximum atomic E-state index is 12.0. The van der Waals surface area contributed by atoms with Crippen LogP contribution in [0, 0.1) is 5.41 Å². The van der Waals surface area contributed by atoms with Crippen molar-refractivity contribution in [3.05, 3.63) is 29.3 Å². The van der Waals surface area contributed by atoms with Crippen LogP contribution >= 0.6 is 24.0 Å². The van der Waals surface area contributed by atoms with Gasteiger partial charge in [0.25, 0.3) is 0 Å². The highest BCUT2D eigenvalue weighted by Gasteiger charge is 2.26. The Balaban J connectivity index is 0.00000288. The second-order valence-electron chi connectivity index (χ2n) is 6.72. The second-order valence-corrected chi connectivity index (χ2v) is 6.72. The van der Waals surface area contributed by atoms with Crippen molar-refractivity contribution >= 4 is 41.5 Å². The van der Waals surface area contributed by atoms with Crippen LogP contribution in [0.1, 0.15) is 44.7 Å². The van der Waals surface area contributed by atoms with Crippen molar-refractivity contribution in [1.82, 2.24) is 5.32 Å². The molecule has 1 aliphatic carbocycles. The van der Waals surface area contributed by atoms with Gasteiger partial charge < -0.3 is 16.4 Å². The van der Waals surface area contributed by atoms with Crippen LogP contribution < -0.4 is 16.4 Å². The van der Waals surface area contributed by atoms with Gasteiger partial charge in [0.05, 0.1) is 12.0 Å². The Kier molecular flexibility index (Phi) is 7.99. The van der Waals surface area contributed by atoms with E-state index in [2.05, 4.69) is 27.8 Å². The van der Waals surface area contributed by atoms with Crippen LogP contribution in [0.15, 0.2) is 23.2 Å². The number of nitrogens with one attached hydrogen (secondary N) is 2. The van der Waals surface area contributed by atoms with Gasteiger partial charge in [0.2, 0.25) is 5.91 Å². The van der Waals surface area contributed by atoms with Crippen molar-refractivity contribution in [3.63, 3.8) is 0 Å². The molecule has 0 atom stereocenters. The number of guanidine groups is 1. The number of benzene rings is 1. The second kappa shape index (κ2) is 9.25. The fourth-order valence-electron chi connectivity index (χ4n) is 2.83. The standard InChI is InChI=1S/C18H28N4O.HI/c1-4-20-16(23)18(2,3)12-21-17(19)22-15-11-7-9-13-8-5-6-10-14(13)15;/h7,9,11H,4-6,8,10,12H2,1-3H3,(H,20,23)(H3,19,21,22);1H. The third-order valence-electron chi connectivity index (χ3n) is 4.26. The molecular formula is C18H29IN4O. The lowest BCUT2D eigenvalue weighted by Crippen LogP contribution is -2.39. The summed E-state index contributed by atoms with van der Waals surface area (Å²) in [6, 6.07) is 6.28. The van der Waals surface area contributed by atoms with Crippen LogP contribution in [0.5, 0.6) is 0 Å². The Labute approximate surface area is 161 Å². The lowest BCUT2D eigenvalue weighted by Gasteiger charge is -2.22. The number of carbonyl (C=O) groups is 1. The first-order valence-corrected chi connectivity index (χ1v) is 8.40. The third-order valence-corrected chi connectivity index (χ3v) is 4.26. The molecule has 0 spiro atoms. The Hall–Kier alpha value is -1.31. The molecule has 134 valence electrons. The summed E-state index contributed by atoms with van der Waals surface area (Å²) in [5.74, 6) is 0.356. The zero-order valence-corrected chi connectivity index (χ0v) is 17.1. The number of anilines is 1. The van der Waals surface area contributed by atoms with Crippen LogP contribution in [-0.4, -0.2) is 25.0 Å². The van der Waals surface area contributed by atoms with Crippen LogP contribution in [0.3, 0.4) is 0 Å². The molecule has 1 aliphatic rings. The van der Waals surface area contributed by atoms with Gasteiger partial charge in [-0.3, -0.25) is 9.79 Å². The molecule has 24 heavy (non-hydrogen) atoms. The fraction of sp³-hybridized carbons (Fsp3) is 0.556. The molecule has 2 rings (SSSR count). The lowest BCUT2D eigenvalue weighted by molar-refractivity contribution is -0.128. The first kappa shape index (κ1) is 20.7. The number of aliphatic imine (C=N–C) groups is 1. The molecule has 0 saturated heterocycles. The molecule has 5 nitrogen and oxygen atoms in total. The normalized spacial score (nSPS) is 14.4. The smallest absolute Gasteiger partial charge is 0.227 e. The van der Waals surface area contributed by atoms with Gasteiger partial charge in [-0.15, -0.1) is 24.0 Å². The summed E-state index contributed by atoms with van der Waals surface area (Å²) in [6.07, 6.45) is 4.68. The van der Waals surface area contributed by atoms with Crippen LogP contribution in [0.25, 0.3) is 0 Å². The lowest BCUT2D eigenvalue weighted by atomic mass is 9.90. The van der Waals surface area contributed by atoms with Crippen molar-refractivity contribution in [2.24, 2.45) is 16.1 Å². The SMILES string of the molecule is CCNC(=O)C(C)(C)CN=C(N)Nc1cccc2c1CCCC2.I. The average Bonchev–Trinajstić information content (AvgIpc) is 2.54. The van der Waals surface area contributed by atoms with Crippen molar-refractivity contribution in [3.8, 4) is 0 Å². The van der Waals surface area contributed by atoms with Crippen molar-refractivity contribution in [2.45, 2.75) is 46.5 Å². The van der Waals surface area contributed by atoms with Gasteiger partial charge in [0.1, 0.15) is 0 Å². The number of hydrogen-bond donors (Lipinski definition) is 3. The van der Waals surface area contributed by atoms with E-state index in [1.54, 1.807) is 0 Å². The Bertz CT molecular complexity index is 599. The third kappa shape index (κ3) is 5.36. The number of nitrogens with two attached hydrogens (primary N) is 1. The summed E-state index contributed by atoms with van der Waals surface area (Å²) in [4.78, 5) is 16.4. The Morgan fingerprint density at radius 3 is 2.71 bits per heavy atom. The number of fused-ring (bicyclic) bond motifs is 1. The number of rotatable bonds is 5. The van der Waals surface area contributed by atoms with Crippen LogP contribution in [0.2, 0.25) is 0 Å². The average molecular weight is 444 g/mol. The summed E-state index contributed by atoms with van der Waals surface area (Å²) in [7, 11) is 0. The first-order chi connectivity index (χ1) is 10.9. The zero-order valence-electron chi connectivity index (χ0n) is 14.8. The Morgan fingerprint density at radius 2 is 2.00 bits per heavy atom. The minimum atomic E-state index is -0.571. The van der Waals surface area contributed by atoms with E-state index >= 15 is 0 Å². The summed E-state index contributed by atoms with van der Waals surface area (Å²) in [5, 5.41) is 6.04. The van der Waals surface area contributed by atoms with E-state index in [9.17, 15) is 4.79 Å². The Morgan fingerprint density at radius 1 is 1.29 bits per heavy atom. The molecule has 4 N–H and O–H groups in total. The molecule has 6 heteroatoms. The number of hydrogen-bond acceptors (Lipinski definition) is 2. The van der Waals surface area contributed by atoms with Gasteiger partial charge in [-0.05, 0) is 63.6 Å². The number of nitrogens with zero attached hydrogens (tertiary/aromatic N) is 1. The van der Waals surface area contributed by atoms with Gasteiger partial charge in [0, 0.05) is 12.2 Å². The maximum Gasteiger partial charge on any atom is 0.227 e. The van der Waals surface area contributed by atoms with Gasteiger partial charge in [-0.25, -0.2) is 0 Å². The van der Waals surface area contributed by atoms with Gasteiger partial charge in [-0.2, -0.15) is 0 Å². The van der Waals surface area contributed by atoms with E-state index in [1.807, 2.05) is 26.8 Å². The molecule has 1 amide bonds. The number of carbonyl (C=O) groups excluding carboxylic acids is 1. The molecule has 0 heterocycles. The van der Waals surface area contributed by atoms with E-state index in [0.29, 0.717) is 19.0 Å². The molecule has 0 aromatic heterocycles. The number of amides is 1. The fourth-order valence-corrected chi connectivity index (χ4v) is 2.83. The maximum absolute atomic E-state index is 12.0. The van der Waals surface area contributed by atoms with E-state index in [4.69, 9.17) is 5.73 Å². The monoisotopic (exact) mass is 444 g/mol. The van der Waals surface area contributed by atoms with E-state index in [1.165, 1.54) is 24.0 Å². The molecule has 1 aromatic rings. The van der Waals surface area contributed by atoms with Crippen LogP contribution in [0.4, 0.5) is 5.69 Å². The molecule has 1 aromatic carbocycles. The molecule has 0 fully saturated rings. The van der Waals surface area contributed by atoms with E-state index < -0.39 is 5.41 Å². The molecular weight excluding hydrogens is 415 g/mol. The first-order valence-electron chi connectivity index (χ1n) is 8.40. The van der Waals surface area contributed by atoms with Gasteiger partial charge >= 0.3 is 0 Å². The summed E-state index contributed by atoms with van der Waals surface area (Å²) >= 11 is 0. The van der Waals surface area contributed by atoms with Crippen molar-refractivity contribution < 1.29 is 4.79 Å². The minimum Gasteiger partial charge on any atom is -0.370 e. The van der Waals surface area contributed by atoms with Crippen molar-refractivity contribution in [2.75, 3.05) is 18.4 Å². The number of aryl methyl sites for hydroxylation is 1. The summed E-state index contributed by atoms with van der Waals surface area (Å²) in [6.45, 7) is 6.63. The molecule has 0 bridgehead atoms. The number of halogens is 1. The molecule has 0 aliphatic heterocycles. The largest absolute Gasteiger partial charge is 0.370 e. The van der Waals surface area contributed by atoms with E-state index in [-0.39, 0.29) is 29.9 Å². The molecule has 0 radical (unpaired) electrons. The van der Waals surface area contributed by atoms with Crippen molar-refractivity contribution in [1.29, 1.82) is 0 Å². The molecule has 0 saturated carbocycles. The quantitative estimate of drug-likeness (QED) is 0.371. The minimum absolute atomic E-state index is 0. The summed E-state index contributed by atoms with van der Waals surface area (Å²) < 4.78 is 0. The summed E-state index contributed by atoms with van der Waals surface area (Å²) in [5.41, 5.74) is 9.24. The molecule has 0 unspecified atom stereocenters. The van der Waals surface area contributed by atoms with Gasteiger partial charge in [0.15, 0.2) is 5.96 Å². The highest BCUT2D eigenvalue weighted by atomic mass is 127. The van der Waals surface area contributed by atoms with Gasteiger partial charge in [-0.1, -0.05) is 12.1 Å². The highest BCUT2D eigenvalue weighted by molar-refractivity contribution is 14.0. The predicted molar refractivity (Wildman–Crippen MR) is 111 cm³/mol. The van der Waals surface area contributed by atoms with Crippen LogP contribution in [-0.2, 0) is 17.6 Å². The van der Waals surface area contributed by atoms with E-state index in [0.717, 1.165) is 18.5 Å². The topological polar surface area (TPSA) is 79.5 Å². The highest BCUT2D eigenvalue weighted by Crippen LogP contribution is 2.27.